The third-order valence-corrected chi connectivity index (χ3v) is 0.513. The van der Waals surface area contributed by atoms with Crippen LogP contribution in [0.3, 0.4) is 0 Å². The molecule has 7 heavy (non-hydrogen) atoms. The third-order valence-electron chi connectivity index (χ3n) is 0.171. The van der Waals surface area contributed by atoms with Crippen molar-refractivity contribution in [3.8, 4) is 0 Å². The van der Waals surface area contributed by atoms with Crippen LogP contribution in [0.15, 0.2) is 0 Å². The van der Waals surface area contributed by atoms with Gasteiger partial charge in [-0.15, -0.1) is 0 Å². The molecule has 0 aromatic carbocycles. The van der Waals surface area contributed by atoms with Crippen LogP contribution < -0.4 is 0 Å². The summed E-state index contributed by atoms with van der Waals surface area (Å²) in [6.07, 6.45) is -1.18. The van der Waals surface area contributed by atoms with Crippen LogP contribution in [0.4, 0.5) is 4.79 Å². The van der Waals surface area contributed by atoms with Gasteiger partial charge in [-0.05, 0) is 25.6 Å². The molecule has 0 aliphatic rings. The molecule has 0 aromatic heterocycles. The summed E-state index contributed by atoms with van der Waals surface area (Å²) in [7, 11) is 0. The van der Waals surface area contributed by atoms with E-state index in [1.807, 2.05) is 0 Å². The molecule has 0 spiro atoms. The maximum Gasteiger partial charge on any atom is 0.427 e. The van der Waals surface area contributed by atoms with Gasteiger partial charge in [0.05, 0.1) is 0 Å². The zero-order chi connectivity index (χ0) is 5.15. The summed E-state index contributed by atoms with van der Waals surface area (Å²) in [5.41, 5.74) is 0. The van der Waals surface area contributed by atoms with Gasteiger partial charge in [0.2, 0.25) is 0 Å². The monoisotopic (exact) mass is 176 g/mol. The molecule has 0 saturated heterocycles. The molecular weight excluding hydrogens is 173 g/mol. The quantitative estimate of drug-likeness (QED) is 0.474. The average Bonchev–Trinajstić information content (AvgIpc) is 1.36. The third kappa shape index (κ3) is 6.55. The van der Waals surface area contributed by atoms with Crippen LogP contribution in [0.25, 0.3) is 0 Å². The van der Waals surface area contributed by atoms with Gasteiger partial charge in [-0.2, -0.15) is 3.71 Å². The second-order valence-corrected chi connectivity index (χ2v) is 1.69. The number of carbonyl (C=O) groups is 1. The first kappa shape index (κ1) is 10.5. The van der Waals surface area contributed by atoms with E-state index in [-0.39, 0.29) is 18.6 Å². The molecule has 1 amide bonds. The fraction of sp³-hybridized carbons (Fsp3) is 0. The number of amides is 1. The van der Waals surface area contributed by atoms with E-state index in [2.05, 4.69) is 25.6 Å². The van der Waals surface area contributed by atoms with Crippen LogP contribution in [-0.4, -0.2) is 14.9 Å². The first-order chi connectivity index (χ1) is 2.64. The average molecular weight is 176 g/mol. The van der Waals surface area contributed by atoms with Crippen LogP contribution in [0.5, 0.6) is 0 Å². The zero-order valence-electron chi connectivity index (χ0n) is 3.14. The van der Waals surface area contributed by atoms with Gasteiger partial charge in [0.25, 0.3) is 0 Å². The van der Waals surface area contributed by atoms with Crippen molar-refractivity contribution in [2.45, 2.75) is 0 Å². The van der Waals surface area contributed by atoms with Gasteiger partial charge in [0.1, 0.15) is 0 Å². The van der Waals surface area contributed by atoms with Crippen LogP contribution in [0.2, 0.25) is 0 Å². The molecule has 0 unspecified atom stereocenters. The van der Waals surface area contributed by atoms with Crippen LogP contribution in [-0.2, 0) is 18.6 Å². The maximum absolute atomic E-state index is 9.47. The van der Waals surface area contributed by atoms with Gasteiger partial charge >= 0.3 is 6.09 Å². The normalized spacial score (nSPS) is 6.57. The van der Waals surface area contributed by atoms with Gasteiger partial charge in [-0.1, -0.05) is 0 Å². The molecule has 6 heteroatoms. The summed E-state index contributed by atoms with van der Waals surface area (Å²) < 4.78 is 0.472. The molecule has 0 aliphatic heterocycles. The van der Waals surface area contributed by atoms with E-state index in [4.69, 9.17) is 5.11 Å². The SMILES string of the molecule is O=C(O)N(S)S.[V]. The minimum Gasteiger partial charge on any atom is -0.464 e. The van der Waals surface area contributed by atoms with E-state index in [0.29, 0.717) is 3.71 Å². The summed E-state index contributed by atoms with van der Waals surface area (Å²) in [6.45, 7) is 0. The summed E-state index contributed by atoms with van der Waals surface area (Å²) in [4.78, 5) is 9.47. The van der Waals surface area contributed by atoms with Crippen molar-refractivity contribution < 1.29 is 28.5 Å². The minimum atomic E-state index is -1.18. The molecular formula is CH3NO2S2V. The summed E-state index contributed by atoms with van der Waals surface area (Å²) in [5.74, 6) is 0. The van der Waals surface area contributed by atoms with E-state index in [1.165, 1.54) is 0 Å². The Kier molecular flexibility index (Phi) is 7.07. The number of hydrogen-bond donors (Lipinski definition) is 3. The molecule has 1 N–H and O–H groups in total. The van der Waals surface area contributed by atoms with Gasteiger partial charge in [-0.25, -0.2) is 4.79 Å². The summed E-state index contributed by atoms with van der Waals surface area (Å²) >= 11 is 6.58. The number of thiol groups is 2. The minimum absolute atomic E-state index is 0. The molecule has 41 valence electrons. The molecule has 0 aliphatic carbocycles. The number of rotatable bonds is 0. The van der Waals surface area contributed by atoms with Crippen molar-refractivity contribution in [2.24, 2.45) is 0 Å². The molecule has 0 heterocycles. The van der Waals surface area contributed by atoms with E-state index in [0.717, 1.165) is 0 Å². The first-order valence-corrected chi connectivity index (χ1v) is 1.85. The van der Waals surface area contributed by atoms with Crippen LogP contribution in [0, 0.1) is 0 Å². The van der Waals surface area contributed by atoms with Gasteiger partial charge in [0.15, 0.2) is 0 Å². The van der Waals surface area contributed by atoms with Crippen molar-refractivity contribution in [1.29, 1.82) is 0 Å². The number of hydrogen-bond acceptors (Lipinski definition) is 3. The Morgan fingerprint density at radius 1 is 1.57 bits per heavy atom. The van der Waals surface area contributed by atoms with E-state index >= 15 is 0 Å². The predicted molar refractivity (Wildman–Crippen MR) is 27.8 cm³/mol. The van der Waals surface area contributed by atoms with Crippen molar-refractivity contribution in [2.75, 3.05) is 0 Å². The molecule has 0 atom stereocenters. The fourth-order valence-corrected chi connectivity index (χ4v) is 0. The van der Waals surface area contributed by atoms with Gasteiger partial charge < -0.3 is 5.11 Å². The molecule has 0 aromatic rings. The van der Waals surface area contributed by atoms with Gasteiger partial charge in [-0.3, -0.25) is 0 Å². The van der Waals surface area contributed by atoms with Crippen LogP contribution in [0.1, 0.15) is 0 Å². The Morgan fingerprint density at radius 3 is 1.71 bits per heavy atom. The smallest absolute Gasteiger partial charge is 0.427 e. The Balaban J connectivity index is 0. The van der Waals surface area contributed by atoms with Gasteiger partial charge in [0, 0.05) is 18.6 Å². The largest absolute Gasteiger partial charge is 0.464 e. The van der Waals surface area contributed by atoms with Crippen molar-refractivity contribution in [3.63, 3.8) is 0 Å². The van der Waals surface area contributed by atoms with Crippen molar-refractivity contribution in [3.05, 3.63) is 0 Å². The Bertz CT molecular complexity index is 66.7. The Labute approximate surface area is 64.0 Å². The number of carboxylic acid groups (broad SMARTS) is 1. The van der Waals surface area contributed by atoms with E-state index in [9.17, 15) is 4.79 Å². The zero-order valence-corrected chi connectivity index (χ0v) is 6.33. The predicted octanol–water partition coefficient (Wildman–Crippen LogP) is 0.653. The summed E-state index contributed by atoms with van der Waals surface area (Å²) in [6, 6.07) is 0. The Morgan fingerprint density at radius 2 is 1.71 bits per heavy atom. The second-order valence-electron chi connectivity index (χ2n) is 0.572. The molecule has 0 fully saturated rings. The van der Waals surface area contributed by atoms with Crippen molar-refractivity contribution >= 4 is 31.7 Å². The molecule has 3 nitrogen and oxygen atoms in total. The molecule has 0 bridgehead atoms. The molecule has 1 radical (unpaired) electrons. The maximum atomic E-state index is 9.47. The standard InChI is InChI=1S/CH3NO2S2.V/c3-1(4)2(5)6;/h5-6H,(H,3,4);. The van der Waals surface area contributed by atoms with E-state index < -0.39 is 6.09 Å². The first-order valence-electron chi connectivity index (χ1n) is 1.05. The summed E-state index contributed by atoms with van der Waals surface area (Å²) in [5, 5.41) is 7.76. The second kappa shape index (κ2) is 4.71. The number of nitrogens with zero attached hydrogens (tertiary/aromatic N) is 1. The fourth-order valence-electron chi connectivity index (χ4n) is 0. The van der Waals surface area contributed by atoms with E-state index in [1.54, 1.807) is 0 Å². The molecule has 0 rings (SSSR count). The molecule has 0 saturated carbocycles. The van der Waals surface area contributed by atoms with Crippen LogP contribution >= 0.6 is 25.6 Å². The Hall–Kier alpha value is 0.554. The van der Waals surface area contributed by atoms with Crippen molar-refractivity contribution in [1.82, 2.24) is 3.71 Å². The topological polar surface area (TPSA) is 40.5 Å².